The van der Waals surface area contributed by atoms with Crippen LogP contribution in [0.5, 0.6) is 0 Å². The number of aliphatic imine (C=N–C) groups is 1. The molecular weight excluding hydrogens is 446 g/mol. The zero-order chi connectivity index (χ0) is 17.7. The standard InChI is InChI=1S/C19H27FN4O.HI/c1-3-21-18(24-13-19(2)8-4-10-25-19)22-9-7-14-12-23-17-6-5-15(20)11-16(14)17;/h5-6,11-12,23H,3-4,7-10,13H2,1-2H3,(H2,21,22,24);1H. The predicted molar refractivity (Wildman–Crippen MR) is 115 cm³/mol. The SMILES string of the molecule is CCNC(=NCC1(C)CCCO1)NCCc1c[nH]c2ccc(F)cc12.I. The molecule has 2 heterocycles. The van der Waals surface area contributed by atoms with Gasteiger partial charge in [-0.25, -0.2) is 4.39 Å². The summed E-state index contributed by atoms with van der Waals surface area (Å²) in [4.78, 5) is 7.85. The van der Waals surface area contributed by atoms with Crippen LogP contribution in [0.1, 0.15) is 32.3 Å². The van der Waals surface area contributed by atoms with Crippen molar-refractivity contribution in [2.45, 2.75) is 38.7 Å². The minimum atomic E-state index is -0.207. The van der Waals surface area contributed by atoms with Crippen molar-refractivity contribution in [3.05, 3.63) is 35.8 Å². The Morgan fingerprint density at radius 3 is 2.96 bits per heavy atom. The number of fused-ring (bicyclic) bond motifs is 1. The van der Waals surface area contributed by atoms with Gasteiger partial charge in [0.1, 0.15) is 5.82 Å². The molecule has 0 saturated carbocycles. The first-order chi connectivity index (χ1) is 12.1. The van der Waals surface area contributed by atoms with Crippen LogP contribution in [0.2, 0.25) is 0 Å². The van der Waals surface area contributed by atoms with Gasteiger partial charge < -0.3 is 20.4 Å². The Labute approximate surface area is 171 Å². The van der Waals surface area contributed by atoms with Crippen LogP contribution in [-0.2, 0) is 11.2 Å². The number of aromatic nitrogens is 1. The zero-order valence-electron chi connectivity index (χ0n) is 15.4. The molecule has 0 bridgehead atoms. The van der Waals surface area contributed by atoms with Crippen molar-refractivity contribution in [2.75, 3.05) is 26.2 Å². The topological polar surface area (TPSA) is 61.4 Å². The Morgan fingerprint density at radius 1 is 1.38 bits per heavy atom. The maximum atomic E-state index is 13.5. The molecule has 7 heteroatoms. The lowest BCUT2D eigenvalue weighted by molar-refractivity contribution is 0.0283. The molecule has 1 aliphatic heterocycles. The average molecular weight is 474 g/mol. The first kappa shape index (κ1) is 21.0. The fourth-order valence-corrected chi connectivity index (χ4v) is 3.22. The third-order valence-electron chi connectivity index (χ3n) is 4.63. The van der Waals surface area contributed by atoms with Crippen LogP contribution in [0, 0.1) is 5.82 Å². The van der Waals surface area contributed by atoms with E-state index < -0.39 is 0 Å². The van der Waals surface area contributed by atoms with E-state index in [9.17, 15) is 4.39 Å². The third kappa shape index (κ3) is 5.33. The number of benzene rings is 1. The average Bonchev–Trinajstić information content (AvgIpc) is 3.20. The van der Waals surface area contributed by atoms with E-state index in [0.717, 1.165) is 61.4 Å². The van der Waals surface area contributed by atoms with Gasteiger partial charge in [-0.15, -0.1) is 24.0 Å². The van der Waals surface area contributed by atoms with Crippen LogP contribution in [0.3, 0.4) is 0 Å². The lowest BCUT2D eigenvalue weighted by atomic mass is 10.0. The predicted octanol–water partition coefficient (Wildman–Crippen LogP) is 3.59. The number of aromatic amines is 1. The van der Waals surface area contributed by atoms with E-state index in [0.29, 0.717) is 6.54 Å². The van der Waals surface area contributed by atoms with Crippen LogP contribution in [0.15, 0.2) is 29.4 Å². The molecule has 1 fully saturated rings. The van der Waals surface area contributed by atoms with Crippen molar-refractivity contribution in [3.8, 4) is 0 Å². The van der Waals surface area contributed by atoms with Crippen molar-refractivity contribution in [1.82, 2.24) is 15.6 Å². The number of hydrogen-bond acceptors (Lipinski definition) is 2. The molecule has 0 aliphatic carbocycles. The highest BCUT2D eigenvalue weighted by atomic mass is 127. The lowest BCUT2D eigenvalue weighted by Crippen LogP contribution is -2.40. The fraction of sp³-hybridized carbons (Fsp3) is 0.526. The first-order valence-electron chi connectivity index (χ1n) is 9.01. The molecule has 1 aromatic heterocycles. The molecule has 1 unspecified atom stereocenters. The van der Waals surface area contributed by atoms with Gasteiger partial charge >= 0.3 is 0 Å². The Bertz CT molecular complexity index is 740. The Morgan fingerprint density at radius 2 is 2.23 bits per heavy atom. The van der Waals surface area contributed by atoms with Crippen LogP contribution < -0.4 is 10.6 Å². The minimum Gasteiger partial charge on any atom is -0.373 e. The monoisotopic (exact) mass is 474 g/mol. The largest absolute Gasteiger partial charge is 0.373 e. The second kappa shape index (κ2) is 9.55. The third-order valence-corrected chi connectivity index (χ3v) is 4.63. The molecule has 1 aliphatic rings. The molecule has 1 saturated heterocycles. The van der Waals surface area contributed by atoms with E-state index in [1.807, 2.05) is 13.1 Å². The number of H-pyrrole nitrogens is 1. The van der Waals surface area contributed by atoms with Gasteiger partial charge in [-0.2, -0.15) is 0 Å². The van der Waals surface area contributed by atoms with Gasteiger partial charge in [0.2, 0.25) is 0 Å². The summed E-state index contributed by atoms with van der Waals surface area (Å²) in [6.45, 7) is 7.18. The van der Waals surface area contributed by atoms with Gasteiger partial charge in [0.15, 0.2) is 5.96 Å². The number of nitrogens with zero attached hydrogens (tertiary/aromatic N) is 1. The Balaban J connectivity index is 0.00000243. The van der Waals surface area contributed by atoms with Gasteiger partial charge in [-0.05, 0) is 56.9 Å². The number of nitrogens with one attached hydrogen (secondary N) is 3. The van der Waals surface area contributed by atoms with E-state index in [2.05, 4.69) is 27.5 Å². The summed E-state index contributed by atoms with van der Waals surface area (Å²) in [6.07, 6.45) is 4.90. The summed E-state index contributed by atoms with van der Waals surface area (Å²) in [7, 11) is 0. The molecule has 0 spiro atoms. The summed E-state index contributed by atoms with van der Waals surface area (Å²) in [6, 6.07) is 4.83. The molecular formula is C19H28FIN4O. The van der Waals surface area contributed by atoms with Crippen LogP contribution in [-0.4, -0.2) is 42.8 Å². The van der Waals surface area contributed by atoms with Crippen LogP contribution in [0.25, 0.3) is 10.9 Å². The van der Waals surface area contributed by atoms with Crippen molar-refractivity contribution < 1.29 is 9.13 Å². The molecule has 5 nitrogen and oxygen atoms in total. The van der Waals surface area contributed by atoms with Gasteiger partial charge in [0.05, 0.1) is 12.1 Å². The number of ether oxygens (including phenoxy) is 1. The van der Waals surface area contributed by atoms with Crippen molar-refractivity contribution in [2.24, 2.45) is 4.99 Å². The number of halogens is 2. The molecule has 1 atom stereocenters. The number of hydrogen-bond donors (Lipinski definition) is 3. The van der Waals surface area contributed by atoms with E-state index in [-0.39, 0.29) is 35.4 Å². The van der Waals surface area contributed by atoms with Gasteiger partial charge in [-0.1, -0.05) is 0 Å². The van der Waals surface area contributed by atoms with Gasteiger partial charge in [0.25, 0.3) is 0 Å². The molecule has 2 aromatic rings. The second-order valence-electron chi connectivity index (χ2n) is 6.78. The number of rotatable bonds is 6. The maximum absolute atomic E-state index is 13.5. The molecule has 0 amide bonds. The Hall–Kier alpha value is -1.35. The van der Waals surface area contributed by atoms with Crippen LogP contribution >= 0.6 is 24.0 Å². The molecule has 144 valence electrons. The Kier molecular flexibility index (Phi) is 7.69. The number of guanidine groups is 1. The van der Waals surface area contributed by atoms with Crippen molar-refractivity contribution in [1.29, 1.82) is 0 Å². The highest BCUT2D eigenvalue weighted by Crippen LogP contribution is 2.25. The maximum Gasteiger partial charge on any atom is 0.191 e. The minimum absolute atomic E-state index is 0. The summed E-state index contributed by atoms with van der Waals surface area (Å²) in [5.41, 5.74) is 1.92. The van der Waals surface area contributed by atoms with Crippen LogP contribution in [0.4, 0.5) is 4.39 Å². The zero-order valence-corrected chi connectivity index (χ0v) is 17.7. The van der Waals surface area contributed by atoms with Gasteiger partial charge in [0, 0.05) is 36.8 Å². The van der Waals surface area contributed by atoms with E-state index >= 15 is 0 Å². The summed E-state index contributed by atoms with van der Waals surface area (Å²) in [5, 5.41) is 7.56. The van der Waals surface area contributed by atoms with E-state index in [1.54, 1.807) is 12.1 Å². The highest BCUT2D eigenvalue weighted by Gasteiger charge is 2.29. The first-order valence-corrected chi connectivity index (χ1v) is 9.01. The fourth-order valence-electron chi connectivity index (χ4n) is 3.22. The molecule has 0 radical (unpaired) electrons. The highest BCUT2D eigenvalue weighted by molar-refractivity contribution is 14.0. The van der Waals surface area contributed by atoms with E-state index in [1.165, 1.54) is 6.07 Å². The molecule has 1 aromatic carbocycles. The van der Waals surface area contributed by atoms with Crippen molar-refractivity contribution in [3.63, 3.8) is 0 Å². The van der Waals surface area contributed by atoms with E-state index in [4.69, 9.17) is 4.74 Å². The summed E-state index contributed by atoms with van der Waals surface area (Å²) in [5.74, 6) is 0.589. The smallest absolute Gasteiger partial charge is 0.191 e. The lowest BCUT2D eigenvalue weighted by Gasteiger charge is -2.21. The summed E-state index contributed by atoms with van der Waals surface area (Å²) >= 11 is 0. The molecule has 26 heavy (non-hydrogen) atoms. The second-order valence-corrected chi connectivity index (χ2v) is 6.78. The molecule has 3 rings (SSSR count). The van der Waals surface area contributed by atoms with Crippen molar-refractivity contribution >= 4 is 40.8 Å². The van der Waals surface area contributed by atoms with Gasteiger partial charge in [-0.3, -0.25) is 4.99 Å². The molecule has 3 N–H and O–H groups in total. The summed E-state index contributed by atoms with van der Waals surface area (Å²) < 4.78 is 19.2. The quantitative estimate of drug-likeness (QED) is 0.341. The normalized spacial score (nSPS) is 20.2.